The number of fused-ring (bicyclic) bond motifs is 3. The molecule has 0 unspecified atom stereocenters. The van der Waals surface area contributed by atoms with Crippen molar-refractivity contribution in [3.63, 3.8) is 0 Å². The number of aliphatic hydroxyl groups excluding tert-OH is 1. The highest BCUT2D eigenvalue weighted by Crippen LogP contribution is 2.46. The lowest BCUT2D eigenvalue weighted by molar-refractivity contribution is 0.163. The number of rotatable bonds is 5. The molecule has 1 aromatic heterocycles. The van der Waals surface area contributed by atoms with Crippen molar-refractivity contribution in [1.29, 1.82) is 0 Å². The van der Waals surface area contributed by atoms with Gasteiger partial charge in [-0.1, -0.05) is 54.6 Å². The lowest BCUT2D eigenvalue weighted by Gasteiger charge is -2.30. The molecular weight excluding hydrogens is 296 g/mol. The van der Waals surface area contributed by atoms with Crippen LogP contribution in [0.3, 0.4) is 0 Å². The van der Waals surface area contributed by atoms with Gasteiger partial charge in [-0.05, 0) is 33.9 Å². The van der Waals surface area contributed by atoms with Crippen LogP contribution in [0.25, 0.3) is 11.1 Å². The van der Waals surface area contributed by atoms with Crippen molar-refractivity contribution < 1.29 is 5.11 Å². The van der Waals surface area contributed by atoms with Gasteiger partial charge in [0.05, 0.1) is 12.6 Å². The summed E-state index contributed by atoms with van der Waals surface area (Å²) in [4.78, 5) is 6.56. The smallest absolute Gasteiger partial charge is 0.0617 e. The minimum absolute atomic E-state index is 0.140. The van der Waals surface area contributed by atoms with Crippen LogP contribution in [0.2, 0.25) is 0 Å². The van der Waals surface area contributed by atoms with E-state index in [0.29, 0.717) is 6.54 Å². The van der Waals surface area contributed by atoms with Gasteiger partial charge in [-0.25, -0.2) is 0 Å². The molecule has 0 radical (unpaired) electrons. The third kappa shape index (κ3) is 2.62. The summed E-state index contributed by atoms with van der Waals surface area (Å²) >= 11 is 0. The molecule has 0 bridgehead atoms. The summed E-state index contributed by atoms with van der Waals surface area (Å²) in [5.41, 5.74) is 6.39. The Kier molecular flexibility index (Phi) is 4.11. The van der Waals surface area contributed by atoms with E-state index in [-0.39, 0.29) is 12.6 Å². The van der Waals surface area contributed by atoms with Crippen molar-refractivity contribution in [2.75, 3.05) is 13.2 Å². The molecule has 24 heavy (non-hydrogen) atoms. The Labute approximate surface area is 142 Å². The van der Waals surface area contributed by atoms with E-state index in [1.807, 2.05) is 12.3 Å². The second kappa shape index (κ2) is 6.56. The van der Waals surface area contributed by atoms with E-state index >= 15 is 0 Å². The molecular formula is C21H20N2O. The van der Waals surface area contributed by atoms with Crippen LogP contribution in [0.5, 0.6) is 0 Å². The van der Waals surface area contributed by atoms with Crippen molar-refractivity contribution in [2.45, 2.75) is 12.6 Å². The number of pyridine rings is 1. The highest BCUT2D eigenvalue weighted by Gasteiger charge is 2.32. The first-order valence-corrected chi connectivity index (χ1v) is 8.30. The van der Waals surface area contributed by atoms with Crippen LogP contribution >= 0.6 is 0 Å². The number of hydrogen-bond donors (Lipinski definition) is 1. The van der Waals surface area contributed by atoms with Crippen molar-refractivity contribution in [3.05, 3.63) is 89.7 Å². The van der Waals surface area contributed by atoms with Crippen LogP contribution in [0.1, 0.15) is 22.7 Å². The molecule has 0 fully saturated rings. The molecule has 1 aliphatic rings. The van der Waals surface area contributed by atoms with E-state index in [1.165, 1.54) is 22.3 Å². The molecule has 0 amide bonds. The molecule has 0 atom stereocenters. The van der Waals surface area contributed by atoms with Crippen molar-refractivity contribution >= 4 is 0 Å². The van der Waals surface area contributed by atoms with Crippen molar-refractivity contribution in [1.82, 2.24) is 9.88 Å². The number of aromatic nitrogens is 1. The number of nitrogens with zero attached hydrogens (tertiary/aromatic N) is 2. The summed E-state index contributed by atoms with van der Waals surface area (Å²) in [6, 6.07) is 21.4. The maximum atomic E-state index is 9.61. The first-order chi connectivity index (χ1) is 11.9. The largest absolute Gasteiger partial charge is 0.395 e. The van der Waals surface area contributed by atoms with Crippen LogP contribution in [0.15, 0.2) is 73.1 Å². The van der Waals surface area contributed by atoms with Gasteiger partial charge in [-0.2, -0.15) is 0 Å². The number of hydrogen-bond acceptors (Lipinski definition) is 3. The van der Waals surface area contributed by atoms with Crippen LogP contribution in [0.4, 0.5) is 0 Å². The molecule has 2 aromatic carbocycles. The van der Waals surface area contributed by atoms with Crippen LogP contribution in [-0.4, -0.2) is 28.1 Å². The Morgan fingerprint density at radius 1 is 0.875 bits per heavy atom. The summed E-state index contributed by atoms with van der Waals surface area (Å²) in [5, 5.41) is 9.61. The van der Waals surface area contributed by atoms with E-state index in [9.17, 15) is 5.11 Å². The summed E-state index contributed by atoms with van der Waals surface area (Å²) in [6.45, 7) is 1.53. The van der Waals surface area contributed by atoms with E-state index < -0.39 is 0 Å². The predicted molar refractivity (Wildman–Crippen MR) is 95.5 cm³/mol. The molecule has 3 aromatic rings. The van der Waals surface area contributed by atoms with Gasteiger partial charge in [0.25, 0.3) is 0 Å². The fourth-order valence-corrected chi connectivity index (χ4v) is 3.68. The minimum Gasteiger partial charge on any atom is -0.395 e. The van der Waals surface area contributed by atoms with Crippen LogP contribution in [0, 0.1) is 0 Å². The molecule has 0 saturated heterocycles. The Morgan fingerprint density at radius 2 is 1.54 bits per heavy atom. The monoisotopic (exact) mass is 316 g/mol. The standard InChI is InChI=1S/C21H20N2O/c24-13-12-23(15-16-6-5-11-22-14-16)21-19-9-3-1-7-17(19)18-8-2-4-10-20(18)21/h1-11,14,21,24H,12-13,15H2. The van der Waals surface area contributed by atoms with Gasteiger partial charge >= 0.3 is 0 Å². The zero-order valence-corrected chi connectivity index (χ0v) is 13.5. The minimum atomic E-state index is 0.140. The van der Waals surface area contributed by atoms with Gasteiger partial charge in [0.1, 0.15) is 0 Å². The van der Waals surface area contributed by atoms with Crippen molar-refractivity contribution in [3.8, 4) is 11.1 Å². The molecule has 0 spiro atoms. The predicted octanol–water partition coefficient (Wildman–Crippen LogP) is 3.65. The van der Waals surface area contributed by atoms with Gasteiger partial charge < -0.3 is 5.11 Å². The highest BCUT2D eigenvalue weighted by molar-refractivity contribution is 5.78. The highest BCUT2D eigenvalue weighted by atomic mass is 16.3. The number of benzene rings is 2. The average Bonchev–Trinajstić information content (AvgIpc) is 2.97. The maximum Gasteiger partial charge on any atom is 0.0617 e. The first-order valence-electron chi connectivity index (χ1n) is 8.30. The summed E-state index contributed by atoms with van der Waals surface area (Å²) in [7, 11) is 0. The van der Waals surface area contributed by atoms with Crippen molar-refractivity contribution in [2.24, 2.45) is 0 Å². The third-order valence-corrected chi connectivity index (χ3v) is 4.66. The molecule has 1 heterocycles. The first kappa shape index (κ1) is 15.1. The lowest BCUT2D eigenvalue weighted by Crippen LogP contribution is -2.30. The molecule has 3 nitrogen and oxygen atoms in total. The summed E-state index contributed by atoms with van der Waals surface area (Å²) < 4.78 is 0. The second-order valence-corrected chi connectivity index (χ2v) is 6.13. The summed E-state index contributed by atoms with van der Waals surface area (Å²) in [6.07, 6.45) is 3.69. The second-order valence-electron chi connectivity index (χ2n) is 6.13. The fraction of sp³-hybridized carbons (Fsp3) is 0.190. The average molecular weight is 316 g/mol. The Hall–Kier alpha value is -2.49. The van der Waals surface area contributed by atoms with E-state index in [1.54, 1.807) is 6.20 Å². The Balaban J connectivity index is 1.77. The van der Waals surface area contributed by atoms with Gasteiger partial charge in [-0.15, -0.1) is 0 Å². The fourth-order valence-electron chi connectivity index (χ4n) is 3.68. The quantitative estimate of drug-likeness (QED) is 0.780. The Bertz CT molecular complexity index is 787. The SMILES string of the molecule is OCCN(Cc1cccnc1)C1c2ccccc2-c2ccccc21. The van der Waals surface area contributed by atoms with Crippen LogP contribution in [-0.2, 0) is 6.54 Å². The van der Waals surface area contributed by atoms with Gasteiger partial charge in [0, 0.05) is 25.5 Å². The Morgan fingerprint density at radius 3 is 2.12 bits per heavy atom. The normalized spacial score (nSPS) is 13.1. The van der Waals surface area contributed by atoms with Crippen LogP contribution < -0.4 is 0 Å². The summed E-state index contributed by atoms with van der Waals surface area (Å²) in [5.74, 6) is 0. The molecule has 4 rings (SSSR count). The lowest BCUT2D eigenvalue weighted by atomic mass is 10.0. The van der Waals surface area contributed by atoms with E-state index in [4.69, 9.17) is 0 Å². The molecule has 0 aliphatic heterocycles. The topological polar surface area (TPSA) is 36.4 Å². The van der Waals surface area contributed by atoms with Gasteiger partial charge in [0.2, 0.25) is 0 Å². The van der Waals surface area contributed by atoms with E-state index in [2.05, 4.69) is 64.5 Å². The molecule has 0 saturated carbocycles. The maximum absolute atomic E-state index is 9.61. The third-order valence-electron chi connectivity index (χ3n) is 4.66. The molecule has 1 N–H and O–H groups in total. The molecule has 3 heteroatoms. The number of aliphatic hydroxyl groups is 1. The molecule has 120 valence electrons. The zero-order chi connectivity index (χ0) is 16.4. The zero-order valence-electron chi connectivity index (χ0n) is 13.5. The van der Waals surface area contributed by atoms with Gasteiger partial charge in [0.15, 0.2) is 0 Å². The van der Waals surface area contributed by atoms with E-state index in [0.717, 1.165) is 12.1 Å². The van der Waals surface area contributed by atoms with Gasteiger partial charge in [-0.3, -0.25) is 9.88 Å². The molecule has 1 aliphatic carbocycles.